The van der Waals surface area contributed by atoms with Gasteiger partial charge in [0, 0.05) is 52.4 Å². The van der Waals surface area contributed by atoms with Gasteiger partial charge in [-0.1, -0.05) is 0 Å². The third kappa shape index (κ3) is 9.98. The van der Waals surface area contributed by atoms with Crippen LogP contribution in [-0.2, 0) is 14.2 Å². The molecule has 0 spiro atoms. The summed E-state index contributed by atoms with van der Waals surface area (Å²) in [7, 11) is 1.79. The maximum Gasteiger partial charge on any atom is 0.410 e. The molecule has 0 radical (unpaired) electrons. The van der Waals surface area contributed by atoms with Crippen molar-refractivity contribution < 1.29 is 19.0 Å². The van der Waals surface area contributed by atoms with Crippen LogP contribution in [0.25, 0.3) is 0 Å². The molecule has 2 N–H and O–H groups in total. The van der Waals surface area contributed by atoms with E-state index in [4.69, 9.17) is 14.2 Å². The summed E-state index contributed by atoms with van der Waals surface area (Å²) in [4.78, 5) is 18.4. The van der Waals surface area contributed by atoms with Gasteiger partial charge < -0.3 is 29.7 Å². The van der Waals surface area contributed by atoms with Crippen molar-refractivity contribution in [1.29, 1.82) is 0 Å². The monoisotopic (exact) mass is 426 g/mol. The number of nitrogens with zero attached hydrogens (tertiary/aromatic N) is 2. The largest absolute Gasteiger partial charge is 0.444 e. The number of guanidine groups is 1. The first-order valence-corrected chi connectivity index (χ1v) is 11.5. The first-order valence-electron chi connectivity index (χ1n) is 11.5. The van der Waals surface area contributed by atoms with E-state index in [1.54, 1.807) is 7.05 Å². The zero-order chi connectivity index (χ0) is 21.8. The van der Waals surface area contributed by atoms with Crippen molar-refractivity contribution in [1.82, 2.24) is 15.5 Å². The molecular formula is C22H42N4O4. The molecule has 2 aliphatic heterocycles. The third-order valence-corrected chi connectivity index (χ3v) is 5.37. The van der Waals surface area contributed by atoms with Gasteiger partial charge in [-0.3, -0.25) is 4.99 Å². The molecule has 8 heteroatoms. The number of likely N-dealkylation sites (tertiary alicyclic amines) is 1. The molecule has 30 heavy (non-hydrogen) atoms. The summed E-state index contributed by atoms with van der Waals surface area (Å²) in [6.45, 7) is 12.2. The fourth-order valence-electron chi connectivity index (χ4n) is 3.75. The van der Waals surface area contributed by atoms with Gasteiger partial charge in [0.1, 0.15) is 5.60 Å². The summed E-state index contributed by atoms with van der Waals surface area (Å²) in [5.41, 5.74) is -0.445. The van der Waals surface area contributed by atoms with Crippen LogP contribution >= 0.6 is 0 Å². The number of rotatable bonds is 9. The van der Waals surface area contributed by atoms with Gasteiger partial charge >= 0.3 is 6.09 Å². The van der Waals surface area contributed by atoms with E-state index < -0.39 is 5.60 Å². The molecule has 0 bridgehead atoms. The molecule has 0 aliphatic carbocycles. The van der Waals surface area contributed by atoms with Crippen molar-refractivity contribution in [3.05, 3.63) is 0 Å². The Labute approximate surface area is 182 Å². The van der Waals surface area contributed by atoms with Gasteiger partial charge in [-0.05, 0) is 58.8 Å². The zero-order valence-electron chi connectivity index (χ0n) is 19.4. The molecule has 0 aromatic carbocycles. The SMILES string of the molecule is CN=C(NCCCOCC1CCOC1)NCCC1CCCN(C(=O)OC(C)(C)C)C1. The molecule has 2 rings (SSSR count). The Bertz CT molecular complexity index is 530. The summed E-state index contributed by atoms with van der Waals surface area (Å²) in [6, 6.07) is 0. The quantitative estimate of drug-likeness (QED) is 0.335. The molecule has 2 fully saturated rings. The fourth-order valence-corrected chi connectivity index (χ4v) is 3.75. The van der Waals surface area contributed by atoms with E-state index in [2.05, 4.69) is 15.6 Å². The summed E-state index contributed by atoms with van der Waals surface area (Å²) >= 11 is 0. The van der Waals surface area contributed by atoms with E-state index in [9.17, 15) is 4.79 Å². The number of hydrogen-bond donors (Lipinski definition) is 2. The predicted octanol–water partition coefficient (Wildman–Crippen LogP) is 2.63. The van der Waals surface area contributed by atoms with Crippen LogP contribution in [0, 0.1) is 11.8 Å². The minimum absolute atomic E-state index is 0.194. The molecule has 2 saturated heterocycles. The Hall–Kier alpha value is -1.54. The second-order valence-electron chi connectivity index (χ2n) is 9.31. The number of ether oxygens (including phenoxy) is 3. The van der Waals surface area contributed by atoms with Crippen LogP contribution in [0.5, 0.6) is 0 Å². The molecule has 0 aromatic heterocycles. The highest BCUT2D eigenvalue weighted by molar-refractivity contribution is 5.79. The minimum Gasteiger partial charge on any atom is -0.444 e. The smallest absolute Gasteiger partial charge is 0.410 e. The lowest BCUT2D eigenvalue weighted by Crippen LogP contribution is -2.44. The second-order valence-corrected chi connectivity index (χ2v) is 9.31. The van der Waals surface area contributed by atoms with Crippen LogP contribution < -0.4 is 10.6 Å². The first kappa shape index (κ1) is 24.7. The number of carbonyl (C=O) groups excluding carboxylic acids is 1. The highest BCUT2D eigenvalue weighted by Crippen LogP contribution is 2.21. The van der Waals surface area contributed by atoms with Gasteiger partial charge in [-0.2, -0.15) is 0 Å². The second kappa shape index (κ2) is 13.0. The normalized spacial score (nSPS) is 22.8. The van der Waals surface area contributed by atoms with Gasteiger partial charge in [-0.25, -0.2) is 4.79 Å². The van der Waals surface area contributed by atoms with Crippen LogP contribution in [0.3, 0.4) is 0 Å². The first-order chi connectivity index (χ1) is 14.4. The highest BCUT2D eigenvalue weighted by atomic mass is 16.6. The summed E-state index contributed by atoms with van der Waals surface area (Å²) in [5.74, 6) is 1.88. The van der Waals surface area contributed by atoms with Crippen LogP contribution in [0.2, 0.25) is 0 Å². The van der Waals surface area contributed by atoms with Crippen LogP contribution in [-0.4, -0.2) is 82.2 Å². The Kier molecular flexibility index (Phi) is 10.7. The van der Waals surface area contributed by atoms with E-state index in [0.717, 1.165) is 90.7 Å². The van der Waals surface area contributed by atoms with Crippen LogP contribution in [0.1, 0.15) is 52.9 Å². The maximum atomic E-state index is 12.3. The van der Waals surface area contributed by atoms with Crippen LogP contribution in [0.15, 0.2) is 4.99 Å². The molecule has 2 aliphatic rings. The lowest BCUT2D eigenvalue weighted by molar-refractivity contribution is 0.0162. The number of aliphatic imine (C=N–C) groups is 1. The third-order valence-electron chi connectivity index (χ3n) is 5.37. The van der Waals surface area contributed by atoms with E-state index in [1.165, 1.54) is 0 Å². The van der Waals surface area contributed by atoms with Crippen molar-refractivity contribution in [2.24, 2.45) is 16.8 Å². The Morgan fingerprint density at radius 1 is 1.20 bits per heavy atom. The fraction of sp³-hybridized carbons (Fsp3) is 0.909. The van der Waals surface area contributed by atoms with Gasteiger partial charge in [0.2, 0.25) is 0 Å². The predicted molar refractivity (Wildman–Crippen MR) is 119 cm³/mol. The molecule has 0 aromatic rings. The zero-order valence-corrected chi connectivity index (χ0v) is 19.4. The molecule has 8 nitrogen and oxygen atoms in total. The topological polar surface area (TPSA) is 84.4 Å². The number of carbonyl (C=O) groups is 1. The van der Waals surface area contributed by atoms with Gasteiger partial charge in [-0.15, -0.1) is 0 Å². The molecular weight excluding hydrogens is 384 g/mol. The lowest BCUT2D eigenvalue weighted by atomic mass is 9.95. The molecule has 2 heterocycles. The number of hydrogen-bond acceptors (Lipinski definition) is 5. The Balaban J connectivity index is 1.54. The summed E-state index contributed by atoms with van der Waals surface area (Å²) in [5, 5.41) is 6.72. The molecule has 2 unspecified atom stereocenters. The van der Waals surface area contributed by atoms with Crippen molar-refractivity contribution in [3.63, 3.8) is 0 Å². The van der Waals surface area contributed by atoms with Crippen molar-refractivity contribution >= 4 is 12.1 Å². The molecule has 2 atom stereocenters. The minimum atomic E-state index is -0.445. The highest BCUT2D eigenvalue weighted by Gasteiger charge is 2.27. The van der Waals surface area contributed by atoms with E-state index in [1.807, 2.05) is 25.7 Å². The van der Waals surface area contributed by atoms with Gasteiger partial charge in [0.25, 0.3) is 0 Å². The van der Waals surface area contributed by atoms with E-state index in [0.29, 0.717) is 11.8 Å². The Morgan fingerprint density at radius 2 is 2.00 bits per heavy atom. The summed E-state index contributed by atoms with van der Waals surface area (Å²) < 4.78 is 16.6. The Morgan fingerprint density at radius 3 is 2.70 bits per heavy atom. The lowest BCUT2D eigenvalue weighted by Gasteiger charge is -2.34. The standard InChI is InChI=1S/C22H42N4O4/c1-22(2,3)30-21(27)26-12-5-7-18(15-26)8-11-25-20(23-4)24-10-6-13-28-16-19-9-14-29-17-19/h18-19H,5-17H2,1-4H3,(H2,23,24,25). The van der Waals surface area contributed by atoms with Crippen LogP contribution in [0.4, 0.5) is 4.79 Å². The summed E-state index contributed by atoms with van der Waals surface area (Å²) in [6.07, 6.45) is 5.06. The van der Waals surface area contributed by atoms with E-state index in [-0.39, 0.29) is 6.09 Å². The van der Waals surface area contributed by atoms with Crippen molar-refractivity contribution in [3.8, 4) is 0 Å². The molecule has 174 valence electrons. The average molecular weight is 427 g/mol. The van der Waals surface area contributed by atoms with Gasteiger partial charge in [0.05, 0.1) is 13.2 Å². The maximum absolute atomic E-state index is 12.3. The van der Waals surface area contributed by atoms with Gasteiger partial charge in [0.15, 0.2) is 5.96 Å². The van der Waals surface area contributed by atoms with Crippen molar-refractivity contribution in [2.75, 3.05) is 59.7 Å². The number of amides is 1. The van der Waals surface area contributed by atoms with E-state index >= 15 is 0 Å². The molecule has 1 amide bonds. The van der Waals surface area contributed by atoms with Crippen molar-refractivity contribution in [2.45, 2.75) is 58.5 Å². The number of piperidine rings is 1. The number of nitrogens with one attached hydrogen (secondary N) is 2. The average Bonchev–Trinajstić information content (AvgIpc) is 3.21. The molecule has 0 saturated carbocycles.